The van der Waals surface area contributed by atoms with Crippen molar-refractivity contribution in [3.63, 3.8) is 0 Å². The molecule has 6 nitrogen and oxygen atoms in total. The van der Waals surface area contributed by atoms with Gasteiger partial charge in [0.15, 0.2) is 6.29 Å². The topological polar surface area (TPSA) is 80.6 Å². The minimum atomic E-state index is 0.514. The lowest BCUT2D eigenvalue weighted by molar-refractivity contribution is 0.111. The van der Waals surface area contributed by atoms with E-state index in [2.05, 4.69) is 15.2 Å². The quantitative estimate of drug-likeness (QED) is 0.686. The monoisotopic (exact) mass is 192 g/mol. The van der Waals surface area contributed by atoms with Crippen LogP contribution in [0.3, 0.4) is 0 Å². The number of imidazole rings is 1. The maximum atomic E-state index is 9.80. The van der Waals surface area contributed by atoms with Crippen molar-refractivity contribution in [2.45, 2.75) is 0 Å². The Hall–Kier alpha value is -2.24. The average Bonchev–Trinajstić information content (AvgIpc) is 2.92. The van der Waals surface area contributed by atoms with E-state index in [9.17, 15) is 9.59 Å². The third kappa shape index (κ3) is 3.02. The maximum absolute atomic E-state index is 9.80. The zero-order valence-electron chi connectivity index (χ0n) is 7.20. The largest absolute Gasteiger partial charge is 0.296 e. The van der Waals surface area contributed by atoms with Crippen molar-refractivity contribution < 1.29 is 9.59 Å². The molecule has 0 saturated carbocycles. The predicted octanol–water partition coefficient (Wildman–Crippen LogP) is 0.144. The van der Waals surface area contributed by atoms with Crippen molar-refractivity contribution in [1.82, 2.24) is 19.7 Å². The molecule has 0 aliphatic heterocycles. The Labute approximate surface area is 79.6 Å². The third-order valence-corrected chi connectivity index (χ3v) is 1.30. The van der Waals surface area contributed by atoms with Crippen LogP contribution in [0.25, 0.3) is 0 Å². The van der Waals surface area contributed by atoms with Crippen LogP contribution >= 0.6 is 0 Å². The van der Waals surface area contributed by atoms with Gasteiger partial charge in [0, 0.05) is 18.6 Å². The highest BCUT2D eigenvalue weighted by molar-refractivity contribution is 5.70. The highest BCUT2D eigenvalue weighted by Gasteiger charge is 1.82. The predicted molar refractivity (Wildman–Crippen MR) is 48.4 cm³/mol. The number of nitrogens with one attached hydrogen (secondary N) is 1. The number of nitrogens with zero attached hydrogens (tertiary/aromatic N) is 3. The summed E-state index contributed by atoms with van der Waals surface area (Å²) < 4.78 is 1.33. The van der Waals surface area contributed by atoms with Gasteiger partial charge in [-0.2, -0.15) is 5.10 Å². The van der Waals surface area contributed by atoms with E-state index in [-0.39, 0.29) is 0 Å². The van der Waals surface area contributed by atoms with Gasteiger partial charge in [-0.1, -0.05) is 0 Å². The molecule has 2 aromatic rings. The number of hydrogen-bond donors (Lipinski definition) is 1. The lowest BCUT2D eigenvalue weighted by Gasteiger charge is -1.75. The first-order chi connectivity index (χ1) is 6.86. The second-order valence-corrected chi connectivity index (χ2v) is 2.25. The summed E-state index contributed by atoms with van der Waals surface area (Å²) in [6.07, 6.45) is 7.50. The normalized spacial score (nSPS) is 8.57. The van der Waals surface area contributed by atoms with Crippen LogP contribution in [0, 0.1) is 0 Å². The Bertz CT molecular complexity index is 328. The lowest BCUT2D eigenvalue weighted by Crippen LogP contribution is -1.86. The average molecular weight is 192 g/mol. The number of carbonyl (C=O) groups excluding carboxylic acids is 2. The number of H-pyrrole nitrogens is 1. The van der Waals surface area contributed by atoms with Crippen LogP contribution in [0.5, 0.6) is 0 Å². The number of rotatable bonds is 2. The number of carbonyl (C=O) groups is 2. The van der Waals surface area contributed by atoms with Crippen molar-refractivity contribution in [2.75, 3.05) is 0 Å². The molecule has 2 aromatic heterocycles. The molecule has 72 valence electrons. The minimum Gasteiger partial charge on any atom is -0.296 e. The molecular formula is C8H8N4O2. The fourth-order valence-corrected chi connectivity index (χ4v) is 0.664. The van der Waals surface area contributed by atoms with E-state index >= 15 is 0 Å². The summed E-state index contributed by atoms with van der Waals surface area (Å²) in [5, 5.41) is 6.01. The maximum Gasteiger partial charge on any atom is 0.218 e. The molecular weight excluding hydrogens is 184 g/mol. The summed E-state index contributed by atoms with van der Waals surface area (Å²) in [5.41, 5.74) is 0.514. The van der Waals surface area contributed by atoms with Gasteiger partial charge < -0.3 is 0 Å². The summed E-state index contributed by atoms with van der Waals surface area (Å²) in [5.74, 6) is 0. The number of aldehydes is 1. The molecule has 0 bridgehead atoms. The van der Waals surface area contributed by atoms with Crippen molar-refractivity contribution >= 4 is 12.7 Å². The van der Waals surface area contributed by atoms with Gasteiger partial charge in [-0.25, -0.2) is 4.98 Å². The number of hydrogen-bond acceptors (Lipinski definition) is 4. The summed E-state index contributed by atoms with van der Waals surface area (Å²) in [7, 11) is 0. The van der Waals surface area contributed by atoms with Gasteiger partial charge in [-0.05, 0) is 6.07 Å². The molecule has 0 unspecified atom stereocenters. The van der Waals surface area contributed by atoms with E-state index in [1.807, 2.05) is 0 Å². The molecule has 6 heteroatoms. The van der Waals surface area contributed by atoms with Crippen molar-refractivity contribution in [3.05, 3.63) is 36.7 Å². The molecule has 14 heavy (non-hydrogen) atoms. The SMILES string of the molecule is O=Cc1ccn[nH]1.O=Cn1ccnc1. The molecule has 0 aliphatic rings. The second-order valence-electron chi connectivity index (χ2n) is 2.25. The first-order valence-electron chi connectivity index (χ1n) is 3.74. The van der Waals surface area contributed by atoms with Crippen LogP contribution in [0.1, 0.15) is 10.5 Å². The fourth-order valence-electron chi connectivity index (χ4n) is 0.664. The molecule has 0 radical (unpaired) electrons. The highest BCUT2D eigenvalue weighted by Crippen LogP contribution is 1.81. The molecule has 1 N–H and O–H groups in total. The molecule has 0 saturated heterocycles. The minimum absolute atomic E-state index is 0.514. The second kappa shape index (κ2) is 5.41. The Morgan fingerprint density at radius 2 is 2.21 bits per heavy atom. The van der Waals surface area contributed by atoms with E-state index in [1.165, 1.54) is 17.1 Å². The first kappa shape index (κ1) is 9.85. The van der Waals surface area contributed by atoms with Gasteiger partial charge in [0.25, 0.3) is 0 Å². The smallest absolute Gasteiger partial charge is 0.218 e. The summed E-state index contributed by atoms with van der Waals surface area (Å²) in [4.78, 5) is 23.2. The molecule has 2 rings (SSSR count). The molecule has 0 aliphatic carbocycles. The summed E-state index contributed by atoms with van der Waals surface area (Å²) in [6, 6.07) is 1.60. The van der Waals surface area contributed by atoms with E-state index in [0.29, 0.717) is 18.4 Å². The zero-order valence-corrected chi connectivity index (χ0v) is 7.20. The Morgan fingerprint density at radius 1 is 1.36 bits per heavy atom. The highest BCUT2D eigenvalue weighted by atomic mass is 16.1. The van der Waals surface area contributed by atoms with Crippen LogP contribution in [-0.4, -0.2) is 32.4 Å². The van der Waals surface area contributed by atoms with E-state index in [1.54, 1.807) is 18.5 Å². The summed E-state index contributed by atoms with van der Waals surface area (Å²) >= 11 is 0. The van der Waals surface area contributed by atoms with Gasteiger partial charge in [-0.3, -0.25) is 19.3 Å². The Balaban J connectivity index is 0.000000140. The van der Waals surface area contributed by atoms with Gasteiger partial charge in [-0.15, -0.1) is 0 Å². The summed E-state index contributed by atoms with van der Waals surface area (Å²) in [6.45, 7) is 0. The Morgan fingerprint density at radius 3 is 2.50 bits per heavy atom. The van der Waals surface area contributed by atoms with Gasteiger partial charge in [0.05, 0.1) is 5.69 Å². The van der Waals surface area contributed by atoms with Crippen LogP contribution in [0.2, 0.25) is 0 Å². The molecule has 0 spiro atoms. The Kier molecular flexibility index (Phi) is 3.81. The molecule has 0 atom stereocenters. The molecule has 2 heterocycles. The molecule has 0 fully saturated rings. The zero-order chi connectivity index (χ0) is 10.2. The van der Waals surface area contributed by atoms with Crippen molar-refractivity contribution in [1.29, 1.82) is 0 Å². The number of aromatic nitrogens is 4. The van der Waals surface area contributed by atoms with E-state index < -0.39 is 0 Å². The van der Waals surface area contributed by atoms with Gasteiger partial charge in [0.2, 0.25) is 6.41 Å². The van der Waals surface area contributed by atoms with Gasteiger partial charge in [0.1, 0.15) is 6.33 Å². The molecule has 0 aromatic carbocycles. The van der Waals surface area contributed by atoms with E-state index in [0.717, 1.165) is 0 Å². The fraction of sp³-hybridized carbons (Fsp3) is 0. The first-order valence-corrected chi connectivity index (χ1v) is 3.74. The van der Waals surface area contributed by atoms with Crippen LogP contribution in [-0.2, 0) is 4.79 Å². The van der Waals surface area contributed by atoms with Crippen LogP contribution < -0.4 is 0 Å². The molecule has 0 amide bonds. The third-order valence-electron chi connectivity index (χ3n) is 1.30. The lowest BCUT2D eigenvalue weighted by atomic mass is 10.5. The van der Waals surface area contributed by atoms with Crippen LogP contribution in [0.15, 0.2) is 31.0 Å². The number of aromatic amines is 1. The van der Waals surface area contributed by atoms with Crippen molar-refractivity contribution in [3.8, 4) is 0 Å². The van der Waals surface area contributed by atoms with Crippen LogP contribution in [0.4, 0.5) is 0 Å². The standard InChI is InChI=1S/2C4H4N2O/c7-4-6-2-1-5-3-6;7-3-4-1-2-5-6-4/h1-4H;1-3H,(H,5,6). The van der Waals surface area contributed by atoms with Crippen molar-refractivity contribution in [2.24, 2.45) is 0 Å². The van der Waals surface area contributed by atoms with E-state index in [4.69, 9.17) is 0 Å². The van der Waals surface area contributed by atoms with Gasteiger partial charge >= 0.3 is 0 Å².